The fraction of sp³-hybridized carbons (Fsp3) is 0.458. The van der Waals surface area contributed by atoms with Crippen molar-refractivity contribution in [2.45, 2.75) is 50.6 Å². The first-order valence-corrected chi connectivity index (χ1v) is 10.7. The summed E-state index contributed by atoms with van der Waals surface area (Å²) in [6, 6.07) is 16.9. The van der Waals surface area contributed by atoms with Gasteiger partial charge < -0.3 is 19.9 Å². The van der Waals surface area contributed by atoms with Gasteiger partial charge in [-0.15, -0.1) is 0 Å². The summed E-state index contributed by atoms with van der Waals surface area (Å²) in [4.78, 5) is 17.5. The van der Waals surface area contributed by atoms with Crippen LogP contribution in [0.2, 0.25) is 0 Å². The molecule has 0 aromatic heterocycles. The molecule has 1 aliphatic carbocycles. The van der Waals surface area contributed by atoms with Crippen LogP contribution in [-0.2, 0) is 0 Å². The summed E-state index contributed by atoms with van der Waals surface area (Å²) < 4.78 is 5.27. The highest BCUT2D eigenvalue weighted by molar-refractivity contribution is 5.93. The average molecular weight is 394 g/mol. The predicted molar refractivity (Wildman–Crippen MR) is 118 cm³/mol. The molecule has 2 fully saturated rings. The van der Waals surface area contributed by atoms with Crippen LogP contribution in [0.1, 0.15) is 50.1 Å². The van der Waals surface area contributed by atoms with E-state index < -0.39 is 0 Å². The number of nitrogens with one attached hydrogen (secondary N) is 1. The molecule has 154 valence electrons. The molecule has 1 aliphatic heterocycles. The molecule has 0 bridgehead atoms. The van der Waals surface area contributed by atoms with Gasteiger partial charge in [0.25, 0.3) is 0 Å². The third-order valence-corrected chi connectivity index (χ3v) is 6.41. The maximum Gasteiger partial charge on any atom is 0.322 e. The summed E-state index contributed by atoms with van der Waals surface area (Å²) in [6.07, 6.45) is 7.05. The van der Waals surface area contributed by atoms with Crippen LogP contribution in [0.3, 0.4) is 0 Å². The van der Waals surface area contributed by atoms with Crippen molar-refractivity contribution < 1.29 is 9.53 Å². The van der Waals surface area contributed by atoms with E-state index in [2.05, 4.69) is 35.5 Å². The van der Waals surface area contributed by atoms with Gasteiger partial charge in [0.15, 0.2) is 0 Å². The largest absolute Gasteiger partial charge is 0.497 e. The van der Waals surface area contributed by atoms with E-state index in [1.807, 2.05) is 35.2 Å². The minimum atomic E-state index is -0.0180. The van der Waals surface area contributed by atoms with Crippen LogP contribution in [0, 0.1) is 0 Å². The van der Waals surface area contributed by atoms with E-state index in [1.54, 1.807) is 7.11 Å². The van der Waals surface area contributed by atoms with E-state index in [9.17, 15) is 4.79 Å². The van der Waals surface area contributed by atoms with Crippen molar-refractivity contribution in [2.75, 3.05) is 30.9 Å². The maximum absolute atomic E-state index is 13.2. The van der Waals surface area contributed by atoms with Crippen molar-refractivity contribution >= 4 is 17.4 Å². The zero-order valence-corrected chi connectivity index (χ0v) is 17.4. The molecule has 29 heavy (non-hydrogen) atoms. The molecule has 1 saturated heterocycles. The highest BCUT2D eigenvalue weighted by atomic mass is 16.5. The van der Waals surface area contributed by atoms with Crippen molar-refractivity contribution in [1.29, 1.82) is 0 Å². The van der Waals surface area contributed by atoms with Gasteiger partial charge >= 0.3 is 6.03 Å². The number of amides is 2. The highest BCUT2D eigenvalue weighted by Crippen LogP contribution is 2.35. The number of likely N-dealkylation sites (tertiary alicyclic amines) is 1. The summed E-state index contributed by atoms with van der Waals surface area (Å²) >= 11 is 0. The fourth-order valence-corrected chi connectivity index (χ4v) is 4.74. The number of nitrogens with zero attached hydrogens (tertiary/aromatic N) is 2. The zero-order valence-electron chi connectivity index (χ0n) is 17.4. The van der Waals surface area contributed by atoms with E-state index >= 15 is 0 Å². The van der Waals surface area contributed by atoms with E-state index in [-0.39, 0.29) is 12.1 Å². The molecule has 0 unspecified atom stereocenters. The smallest absolute Gasteiger partial charge is 0.322 e. The second-order valence-electron chi connectivity index (χ2n) is 8.12. The summed E-state index contributed by atoms with van der Waals surface area (Å²) in [6.45, 7) is 0.781. The molecule has 1 saturated carbocycles. The lowest BCUT2D eigenvalue weighted by atomic mass is 10.0. The van der Waals surface area contributed by atoms with E-state index in [0.29, 0.717) is 6.04 Å². The number of carbonyl (C=O) groups excluding carboxylic acids is 1. The number of benzene rings is 2. The Morgan fingerprint density at radius 2 is 1.76 bits per heavy atom. The summed E-state index contributed by atoms with van der Waals surface area (Å²) in [5.74, 6) is 0.839. The summed E-state index contributed by atoms with van der Waals surface area (Å²) in [5, 5.41) is 3.20. The van der Waals surface area contributed by atoms with Gasteiger partial charge in [-0.05, 0) is 55.5 Å². The summed E-state index contributed by atoms with van der Waals surface area (Å²) in [5.41, 5.74) is 3.16. The van der Waals surface area contributed by atoms with Crippen LogP contribution < -0.4 is 15.0 Å². The number of urea groups is 1. The Bertz CT molecular complexity index is 830. The van der Waals surface area contributed by atoms with Gasteiger partial charge in [-0.25, -0.2) is 4.79 Å². The molecular formula is C24H31N3O2. The lowest BCUT2D eigenvalue weighted by Crippen LogP contribution is -2.35. The molecule has 2 aliphatic rings. The lowest BCUT2D eigenvalue weighted by molar-refractivity contribution is 0.207. The van der Waals surface area contributed by atoms with Crippen LogP contribution in [-0.4, -0.2) is 37.7 Å². The first-order chi connectivity index (χ1) is 14.2. The van der Waals surface area contributed by atoms with Gasteiger partial charge in [-0.3, -0.25) is 0 Å². The molecule has 1 atom stereocenters. The molecule has 2 aromatic carbocycles. The molecule has 2 aromatic rings. The average Bonchev–Trinajstić information content (AvgIpc) is 3.46. The molecule has 0 spiro atoms. The SMILES string of the molecule is COc1ccc([C@@H]2CCCN2C(=O)Nc2ccccc2N(C)C2CCCC2)cc1. The topological polar surface area (TPSA) is 44.8 Å². The quantitative estimate of drug-likeness (QED) is 0.735. The van der Waals surface area contributed by atoms with Crippen LogP contribution in [0.15, 0.2) is 48.5 Å². The van der Waals surface area contributed by atoms with Crippen LogP contribution in [0.5, 0.6) is 5.75 Å². The number of anilines is 2. The second kappa shape index (κ2) is 8.76. The Balaban J connectivity index is 1.50. The molecule has 1 heterocycles. The molecule has 5 nitrogen and oxygen atoms in total. The van der Waals surface area contributed by atoms with E-state index in [1.165, 1.54) is 25.7 Å². The third kappa shape index (κ3) is 4.19. The van der Waals surface area contributed by atoms with Gasteiger partial charge in [0.1, 0.15) is 5.75 Å². The number of hydrogen-bond donors (Lipinski definition) is 1. The number of ether oxygens (including phenoxy) is 1. The van der Waals surface area contributed by atoms with Crippen molar-refractivity contribution in [3.8, 4) is 5.75 Å². The van der Waals surface area contributed by atoms with E-state index in [0.717, 1.165) is 42.1 Å². The monoisotopic (exact) mass is 393 g/mol. The van der Waals surface area contributed by atoms with Crippen LogP contribution in [0.25, 0.3) is 0 Å². The van der Waals surface area contributed by atoms with Gasteiger partial charge in [-0.1, -0.05) is 37.1 Å². The second-order valence-corrected chi connectivity index (χ2v) is 8.12. The molecule has 5 heteroatoms. The van der Waals surface area contributed by atoms with Crippen LogP contribution >= 0.6 is 0 Å². The van der Waals surface area contributed by atoms with Crippen molar-refractivity contribution in [2.24, 2.45) is 0 Å². The highest BCUT2D eigenvalue weighted by Gasteiger charge is 2.31. The minimum Gasteiger partial charge on any atom is -0.497 e. The van der Waals surface area contributed by atoms with E-state index in [4.69, 9.17) is 4.74 Å². The number of rotatable bonds is 5. The first kappa shape index (κ1) is 19.6. The predicted octanol–water partition coefficient (Wildman–Crippen LogP) is 5.44. The van der Waals surface area contributed by atoms with Gasteiger partial charge in [0.05, 0.1) is 24.5 Å². The Hall–Kier alpha value is -2.69. The van der Waals surface area contributed by atoms with Crippen molar-refractivity contribution in [3.63, 3.8) is 0 Å². The zero-order chi connectivity index (χ0) is 20.2. The third-order valence-electron chi connectivity index (χ3n) is 6.41. The molecule has 0 radical (unpaired) electrons. The number of para-hydroxylation sites is 2. The Morgan fingerprint density at radius 3 is 2.48 bits per heavy atom. The number of hydrogen-bond acceptors (Lipinski definition) is 3. The number of methoxy groups -OCH3 is 1. The lowest BCUT2D eigenvalue weighted by Gasteiger charge is -2.30. The Labute approximate surface area is 173 Å². The molecular weight excluding hydrogens is 362 g/mol. The first-order valence-electron chi connectivity index (χ1n) is 10.7. The molecule has 1 N–H and O–H groups in total. The molecule has 4 rings (SSSR count). The fourth-order valence-electron chi connectivity index (χ4n) is 4.74. The maximum atomic E-state index is 13.2. The van der Waals surface area contributed by atoms with Gasteiger partial charge in [-0.2, -0.15) is 0 Å². The van der Waals surface area contributed by atoms with Gasteiger partial charge in [0.2, 0.25) is 0 Å². The number of carbonyl (C=O) groups is 1. The van der Waals surface area contributed by atoms with Crippen LogP contribution in [0.4, 0.5) is 16.2 Å². The van der Waals surface area contributed by atoms with Gasteiger partial charge in [0, 0.05) is 19.6 Å². The van der Waals surface area contributed by atoms with Crippen molar-refractivity contribution in [1.82, 2.24) is 4.90 Å². The van der Waals surface area contributed by atoms with Crippen molar-refractivity contribution in [3.05, 3.63) is 54.1 Å². The minimum absolute atomic E-state index is 0.0180. The summed E-state index contributed by atoms with van der Waals surface area (Å²) in [7, 11) is 3.82. The Morgan fingerprint density at radius 1 is 1.03 bits per heavy atom. The standard InChI is InChI=1S/C24H31N3O2/c1-26(19-8-3-4-9-19)23-11-6-5-10-21(23)25-24(28)27-17-7-12-22(27)18-13-15-20(29-2)16-14-18/h5-6,10-11,13-16,19,22H,3-4,7-9,12,17H2,1-2H3,(H,25,28)/t22-/m0/s1. The Kier molecular flexibility index (Phi) is 5.93. The normalized spacial score (nSPS) is 19.4. The molecule has 2 amide bonds.